The average Bonchev–Trinajstić information content (AvgIpc) is 2.01. The molecule has 0 saturated heterocycles. The minimum atomic E-state index is 0.407. The monoisotopic (exact) mass is 183 g/mol. The van der Waals surface area contributed by atoms with Crippen molar-refractivity contribution in [2.24, 2.45) is 11.3 Å². The molecular formula is C12H25N. The van der Waals surface area contributed by atoms with Crippen molar-refractivity contribution in [3.05, 3.63) is 12.7 Å². The van der Waals surface area contributed by atoms with Crippen molar-refractivity contribution in [1.29, 1.82) is 0 Å². The van der Waals surface area contributed by atoms with Crippen LogP contribution in [0.3, 0.4) is 0 Å². The van der Waals surface area contributed by atoms with Gasteiger partial charge in [0.15, 0.2) is 0 Å². The largest absolute Gasteiger partial charge is 0.316 e. The van der Waals surface area contributed by atoms with Crippen molar-refractivity contribution in [3.8, 4) is 0 Å². The highest BCUT2D eigenvalue weighted by Gasteiger charge is 2.08. The zero-order chi connectivity index (χ0) is 10.3. The first kappa shape index (κ1) is 12.7. The number of hydrogen-bond donors (Lipinski definition) is 1. The predicted molar refractivity (Wildman–Crippen MR) is 60.9 cm³/mol. The summed E-state index contributed by atoms with van der Waals surface area (Å²) < 4.78 is 0. The fourth-order valence-electron chi connectivity index (χ4n) is 1.13. The molecule has 0 saturated carbocycles. The molecule has 78 valence electrons. The maximum Gasteiger partial charge on any atom is -0.0000125 e. The zero-order valence-corrected chi connectivity index (χ0v) is 9.69. The van der Waals surface area contributed by atoms with Gasteiger partial charge in [0.2, 0.25) is 0 Å². The van der Waals surface area contributed by atoms with E-state index in [-0.39, 0.29) is 0 Å². The molecule has 0 amide bonds. The first-order chi connectivity index (χ1) is 5.95. The van der Waals surface area contributed by atoms with Crippen LogP contribution >= 0.6 is 0 Å². The lowest BCUT2D eigenvalue weighted by Crippen LogP contribution is -2.27. The third-order valence-electron chi connectivity index (χ3n) is 2.07. The Kier molecular flexibility index (Phi) is 6.06. The summed E-state index contributed by atoms with van der Waals surface area (Å²) in [5.74, 6) is 0.663. The van der Waals surface area contributed by atoms with Gasteiger partial charge in [-0.15, -0.1) is 6.58 Å². The van der Waals surface area contributed by atoms with Gasteiger partial charge in [0, 0.05) is 0 Å². The van der Waals surface area contributed by atoms with Crippen LogP contribution in [-0.4, -0.2) is 13.1 Å². The fraction of sp³-hybridized carbons (Fsp3) is 0.833. The number of nitrogens with one attached hydrogen (secondary N) is 1. The minimum Gasteiger partial charge on any atom is -0.316 e. The Bertz CT molecular complexity index is 133. The Labute approximate surface area is 83.6 Å². The summed E-state index contributed by atoms with van der Waals surface area (Å²) in [5.41, 5.74) is 0.407. The second-order valence-electron chi connectivity index (χ2n) is 5.09. The summed E-state index contributed by atoms with van der Waals surface area (Å²) in [4.78, 5) is 0. The van der Waals surface area contributed by atoms with Gasteiger partial charge in [-0.2, -0.15) is 0 Å². The van der Waals surface area contributed by atoms with Crippen LogP contribution in [0, 0.1) is 11.3 Å². The van der Waals surface area contributed by atoms with Crippen LogP contribution in [0.1, 0.15) is 40.5 Å². The van der Waals surface area contributed by atoms with Gasteiger partial charge in [0.1, 0.15) is 0 Å². The van der Waals surface area contributed by atoms with Crippen LogP contribution in [0.4, 0.5) is 0 Å². The molecule has 0 unspecified atom stereocenters. The average molecular weight is 183 g/mol. The van der Waals surface area contributed by atoms with Crippen molar-refractivity contribution in [2.45, 2.75) is 40.5 Å². The molecule has 1 N–H and O–H groups in total. The maximum atomic E-state index is 3.78. The van der Waals surface area contributed by atoms with Gasteiger partial charge >= 0.3 is 0 Å². The predicted octanol–water partition coefficient (Wildman–Crippen LogP) is 3.22. The van der Waals surface area contributed by atoms with Gasteiger partial charge in [-0.25, -0.2) is 0 Å². The van der Waals surface area contributed by atoms with Crippen LogP contribution in [0.2, 0.25) is 0 Å². The number of allylic oxidation sites excluding steroid dienone is 1. The molecule has 0 bridgehead atoms. The highest BCUT2D eigenvalue weighted by Crippen LogP contribution is 2.10. The summed E-state index contributed by atoms with van der Waals surface area (Å²) in [6, 6.07) is 0. The second kappa shape index (κ2) is 6.20. The van der Waals surface area contributed by atoms with Gasteiger partial charge in [-0.05, 0) is 37.3 Å². The van der Waals surface area contributed by atoms with E-state index in [2.05, 4.69) is 39.6 Å². The van der Waals surface area contributed by atoms with Crippen molar-refractivity contribution in [3.63, 3.8) is 0 Å². The standard InChI is InChI=1S/C12H25N/c1-6-11(2)8-7-9-13-10-12(3,4)5/h6,11,13H,1,7-10H2,2-5H3/t11-/m1/s1. The highest BCUT2D eigenvalue weighted by molar-refractivity contribution is 4.75. The van der Waals surface area contributed by atoms with Crippen LogP contribution in [-0.2, 0) is 0 Å². The topological polar surface area (TPSA) is 12.0 Å². The van der Waals surface area contributed by atoms with Crippen LogP contribution in [0.5, 0.6) is 0 Å². The molecule has 0 aromatic carbocycles. The van der Waals surface area contributed by atoms with E-state index in [1.807, 2.05) is 6.08 Å². The SMILES string of the molecule is C=C[C@@H](C)CCCNCC(C)(C)C. The number of rotatable bonds is 6. The molecule has 0 rings (SSSR count). The van der Waals surface area contributed by atoms with Gasteiger partial charge in [-0.3, -0.25) is 0 Å². The van der Waals surface area contributed by atoms with Crippen LogP contribution in [0.15, 0.2) is 12.7 Å². The Hall–Kier alpha value is -0.300. The van der Waals surface area contributed by atoms with Crippen molar-refractivity contribution >= 4 is 0 Å². The molecule has 0 aliphatic heterocycles. The second-order valence-corrected chi connectivity index (χ2v) is 5.09. The Morgan fingerprint density at radius 3 is 2.46 bits per heavy atom. The summed E-state index contributed by atoms with van der Waals surface area (Å²) in [6.45, 7) is 15.0. The lowest BCUT2D eigenvalue weighted by atomic mass is 9.97. The molecule has 13 heavy (non-hydrogen) atoms. The van der Waals surface area contributed by atoms with Crippen molar-refractivity contribution < 1.29 is 0 Å². The maximum absolute atomic E-state index is 3.78. The molecule has 0 radical (unpaired) electrons. The smallest absolute Gasteiger partial charge is 0.0000125 e. The van der Waals surface area contributed by atoms with Crippen molar-refractivity contribution in [2.75, 3.05) is 13.1 Å². The van der Waals surface area contributed by atoms with Gasteiger partial charge in [0.25, 0.3) is 0 Å². The third kappa shape index (κ3) is 9.62. The van der Waals surface area contributed by atoms with E-state index in [1.54, 1.807) is 0 Å². The molecule has 0 heterocycles. The fourth-order valence-corrected chi connectivity index (χ4v) is 1.13. The molecular weight excluding hydrogens is 158 g/mol. The van der Waals surface area contributed by atoms with E-state index < -0.39 is 0 Å². The summed E-state index contributed by atoms with van der Waals surface area (Å²) in [6.07, 6.45) is 4.54. The Morgan fingerprint density at radius 1 is 1.38 bits per heavy atom. The van der Waals surface area contributed by atoms with Crippen LogP contribution < -0.4 is 5.32 Å². The van der Waals surface area contributed by atoms with Crippen LogP contribution in [0.25, 0.3) is 0 Å². The molecule has 0 aromatic rings. The third-order valence-corrected chi connectivity index (χ3v) is 2.07. The van der Waals surface area contributed by atoms with Gasteiger partial charge < -0.3 is 5.32 Å². The van der Waals surface area contributed by atoms with E-state index in [0.717, 1.165) is 13.1 Å². The highest BCUT2D eigenvalue weighted by atomic mass is 14.9. The summed E-state index contributed by atoms with van der Waals surface area (Å²) in [7, 11) is 0. The van der Waals surface area contributed by atoms with E-state index in [4.69, 9.17) is 0 Å². The van der Waals surface area contributed by atoms with E-state index in [1.165, 1.54) is 12.8 Å². The van der Waals surface area contributed by atoms with E-state index in [0.29, 0.717) is 11.3 Å². The quantitative estimate of drug-likeness (QED) is 0.492. The first-order valence-electron chi connectivity index (χ1n) is 5.29. The number of hydrogen-bond acceptors (Lipinski definition) is 1. The first-order valence-corrected chi connectivity index (χ1v) is 5.29. The molecule has 0 aliphatic carbocycles. The molecule has 1 atom stereocenters. The molecule has 0 aliphatic rings. The lowest BCUT2D eigenvalue weighted by Gasteiger charge is -2.18. The normalized spacial score (nSPS) is 14.2. The summed E-state index contributed by atoms with van der Waals surface area (Å²) >= 11 is 0. The van der Waals surface area contributed by atoms with E-state index >= 15 is 0 Å². The summed E-state index contributed by atoms with van der Waals surface area (Å²) in [5, 5.41) is 3.47. The lowest BCUT2D eigenvalue weighted by molar-refractivity contribution is 0.376. The molecule has 1 nitrogen and oxygen atoms in total. The van der Waals surface area contributed by atoms with Gasteiger partial charge in [-0.1, -0.05) is 33.8 Å². The molecule has 0 aromatic heterocycles. The molecule has 0 fully saturated rings. The van der Waals surface area contributed by atoms with Crippen molar-refractivity contribution in [1.82, 2.24) is 5.32 Å². The Morgan fingerprint density at radius 2 is 2.00 bits per heavy atom. The zero-order valence-electron chi connectivity index (χ0n) is 9.69. The molecule has 1 heteroatoms. The molecule has 0 spiro atoms. The minimum absolute atomic E-state index is 0.407. The Balaban J connectivity index is 3.22. The van der Waals surface area contributed by atoms with Gasteiger partial charge in [0.05, 0.1) is 0 Å². The van der Waals surface area contributed by atoms with E-state index in [9.17, 15) is 0 Å².